The predicted octanol–water partition coefficient (Wildman–Crippen LogP) is 1.25. The van der Waals surface area contributed by atoms with Crippen molar-refractivity contribution in [1.29, 1.82) is 0 Å². The van der Waals surface area contributed by atoms with E-state index in [1.807, 2.05) is 18.5 Å². The van der Waals surface area contributed by atoms with E-state index in [1.165, 1.54) is 31.5 Å². The molecule has 0 amide bonds. The second-order valence-electron chi connectivity index (χ2n) is 5.22. The van der Waals surface area contributed by atoms with Crippen LogP contribution in [0.15, 0.2) is 24.5 Å². The summed E-state index contributed by atoms with van der Waals surface area (Å²) in [5.41, 5.74) is 7.45. The lowest BCUT2D eigenvalue weighted by Gasteiger charge is -2.18. The van der Waals surface area contributed by atoms with E-state index in [-0.39, 0.29) is 0 Å². The van der Waals surface area contributed by atoms with E-state index in [1.54, 1.807) is 0 Å². The van der Waals surface area contributed by atoms with E-state index < -0.39 is 0 Å². The molecule has 1 aliphatic carbocycles. The third-order valence-corrected chi connectivity index (χ3v) is 4.12. The molecule has 0 spiro atoms. The lowest BCUT2D eigenvalue weighted by Crippen LogP contribution is -2.30. The van der Waals surface area contributed by atoms with Crippen LogP contribution in [0.25, 0.3) is 0 Å². The van der Waals surface area contributed by atoms with Crippen LogP contribution in [0.3, 0.4) is 0 Å². The van der Waals surface area contributed by atoms with Gasteiger partial charge in [-0.2, -0.15) is 0 Å². The highest BCUT2D eigenvalue weighted by atomic mass is 15.2. The minimum atomic E-state index is 0.448. The van der Waals surface area contributed by atoms with Crippen molar-refractivity contribution in [2.24, 2.45) is 17.6 Å². The fourth-order valence-corrected chi connectivity index (χ4v) is 3.28. The van der Waals surface area contributed by atoms with Crippen LogP contribution in [0.1, 0.15) is 18.4 Å². The molecule has 3 nitrogen and oxygen atoms in total. The number of hydrogen-bond acceptors (Lipinski definition) is 3. The van der Waals surface area contributed by atoms with Gasteiger partial charge in [-0.25, -0.2) is 0 Å². The smallest absolute Gasteiger partial charge is 0.0312 e. The van der Waals surface area contributed by atoms with Gasteiger partial charge in [0.25, 0.3) is 0 Å². The van der Waals surface area contributed by atoms with Gasteiger partial charge in [-0.1, -0.05) is 6.07 Å². The van der Waals surface area contributed by atoms with Gasteiger partial charge in [-0.3, -0.25) is 9.88 Å². The van der Waals surface area contributed by atoms with Crippen molar-refractivity contribution in [1.82, 2.24) is 9.88 Å². The minimum absolute atomic E-state index is 0.448. The molecule has 86 valence electrons. The molecule has 3 atom stereocenters. The van der Waals surface area contributed by atoms with Crippen molar-refractivity contribution in [2.45, 2.75) is 25.4 Å². The third-order valence-electron chi connectivity index (χ3n) is 4.12. The number of fused-ring (bicyclic) bond motifs is 1. The molecule has 1 aromatic heterocycles. The number of rotatable bonds is 2. The highest BCUT2D eigenvalue weighted by molar-refractivity contribution is 5.09. The molecule has 2 N–H and O–H groups in total. The van der Waals surface area contributed by atoms with E-state index in [4.69, 9.17) is 5.73 Å². The van der Waals surface area contributed by atoms with Gasteiger partial charge in [-0.15, -0.1) is 0 Å². The zero-order chi connectivity index (χ0) is 11.0. The van der Waals surface area contributed by atoms with Crippen LogP contribution in [0.5, 0.6) is 0 Å². The number of nitrogens with zero attached hydrogens (tertiary/aromatic N) is 2. The van der Waals surface area contributed by atoms with Gasteiger partial charge in [0, 0.05) is 38.1 Å². The standard InChI is InChI=1S/C13H19N3/c14-13-4-3-11-8-16(9-12(11)13)7-10-2-1-5-15-6-10/h1-2,5-6,11-13H,3-4,7-9,14H2. The Labute approximate surface area is 96.7 Å². The highest BCUT2D eigenvalue weighted by Crippen LogP contribution is 2.37. The van der Waals surface area contributed by atoms with Gasteiger partial charge >= 0.3 is 0 Å². The average Bonchev–Trinajstić information content (AvgIpc) is 2.83. The Morgan fingerprint density at radius 1 is 1.38 bits per heavy atom. The summed E-state index contributed by atoms with van der Waals surface area (Å²) in [5, 5.41) is 0. The van der Waals surface area contributed by atoms with Crippen LogP contribution < -0.4 is 5.73 Å². The molecule has 1 saturated heterocycles. The molecule has 0 radical (unpaired) electrons. The zero-order valence-electron chi connectivity index (χ0n) is 9.55. The molecular weight excluding hydrogens is 198 g/mol. The summed E-state index contributed by atoms with van der Waals surface area (Å²) in [5.74, 6) is 1.60. The van der Waals surface area contributed by atoms with Crippen LogP contribution in [0, 0.1) is 11.8 Å². The summed E-state index contributed by atoms with van der Waals surface area (Å²) in [4.78, 5) is 6.70. The minimum Gasteiger partial charge on any atom is -0.327 e. The molecule has 1 saturated carbocycles. The van der Waals surface area contributed by atoms with Crippen molar-refractivity contribution >= 4 is 0 Å². The molecule has 1 aliphatic heterocycles. The maximum Gasteiger partial charge on any atom is 0.0312 e. The summed E-state index contributed by atoms with van der Waals surface area (Å²) in [6, 6.07) is 4.61. The van der Waals surface area contributed by atoms with E-state index in [9.17, 15) is 0 Å². The van der Waals surface area contributed by atoms with Crippen LogP contribution >= 0.6 is 0 Å². The van der Waals surface area contributed by atoms with Gasteiger partial charge in [0.15, 0.2) is 0 Å². The summed E-state index contributed by atoms with van der Waals surface area (Å²) < 4.78 is 0. The van der Waals surface area contributed by atoms with Crippen molar-refractivity contribution in [3.8, 4) is 0 Å². The molecule has 2 fully saturated rings. The summed E-state index contributed by atoms with van der Waals surface area (Å²) in [6.45, 7) is 3.45. The second-order valence-corrected chi connectivity index (χ2v) is 5.22. The lowest BCUT2D eigenvalue weighted by atomic mass is 9.98. The van der Waals surface area contributed by atoms with E-state index in [2.05, 4.69) is 16.0 Å². The maximum atomic E-state index is 6.14. The molecule has 16 heavy (non-hydrogen) atoms. The molecule has 3 rings (SSSR count). The molecule has 2 heterocycles. The van der Waals surface area contributed by atoms with Crippen molar-refractivity contribution in [3.05, 3.63) is 30.1 Å². The lowest BCUT2D eigenvalue weighted by molar-refractivity contribution is 0.298. The number of likely N-dealkylation sites (tertiary alicyclic amines) is 1. The van der Waals surface area contributed by atoms with Crippen LogP contribution in [-0.2, 0) is 6.54 Å². The first-order chi connectivity index (χ1) is 7.83. The molecule has 1 aromatic rings. The largest absolute Gasteiger partial charge is 0.327 e. The van der Waals surface area contributed by atoms with Gasteiger partial charge in [-0.05, 0) is 36.3 Å². The van der Waals surface area contributed by atoms with E-state index in [0.717, 1.165) is 18.4 Å². The van der Waals surface area contributed by atoms with Crippen molar-refractivity contribution in [2.75, 3.05) is 13.1 Å². The Morgan fingerprint density at radius 3 is 3.06 bits per heavy atom. The quantitative estimate of drug-likeness (QED) is 0.810. The SMILES string of the molecule is NC1CCC2CN(Cc3cccnc3)CC12. The van der Waals surface area contributed by atoms with Gasteiger partial charge < -0.3 is 5.73 Å². The Kier molecular flexibility index (Phi) is 2.65. The Bertz CT molecular complexity index is 351. The van der Waals surface area contributed by atoms with Crippen LogP contribution in [0.2, 0.25) is 0 Å². The van der Waals surface area contributed by atoms with Crippen LogP contribution in [-0.4, -0.2) is 29.0 Å². The average molecular weight is 217 g/mol. The first kappa shape index (κ1) is 10.2. The molecule has 0 aromatic carbocycles. The molecule has 3 heteroatoms. The molecule has 2 aliphatic rings. The van der Waals surface area contributed by atoms with Gasteiger partial charge in [0.1, 0.15) is 0 Å². The first-order valence-corrected chi connectivity index (χ1v) is 6.20. The highest BCUT2D eigenvalue weighted by Gasteiger charge is 2.40. The molecular formula is C13H19N3. The second kappa shape index (κ2) is 4.15. The zero-order valence-corrected chi connectivity index (χ0v) is 9.55. The fraction of sp³-hybridized carbons (Fsp3) is 0.615. The topological polar surface area (TPSA) is 42.1 Å². The van der Waals surface area contributed by atoms with E-state index >= 15 is 0 Å². The number of aromatic nitrogens is 1. The summed E-state index contributed by atoms with van der Waals surface area (Å²) in [7, 11) is 0. The van der Waals surface area contributed by atoms with Crippen molar-refractivity contribution in [3.63, 3.8) is 0 Å². The van der Waals surface area contributed by atoms with E-state index in [0.29, 0.717) is 6.04 Å². The van der Waals surface area contributed by atoms with Gasteiger partial charge in [0.05, 0.1) is 0 Å². The number of hydrogen-bond donors (Lipinski definition) is 1. The molecule has 3 unspecified atom stereocenters. The van der Waals surface area contributed by atoms with Crippen LogP contribution in [0.4, 0.5) is 0 Å². The number of pyridine rings is 1. The summed E-state index contributed by atoms with van der Waals surface area (Å²) in [6.07, 6.45) is 6.36. The monoisotopic (exact) mass is 217 g/mol. The fourth-order valence-electron chi connectivity index (χ4n) is 3.28. The number of nitrogens with two attached hydrogens (primary N) is 1. The summed E-state index contributed by atoms with van der Waals surface area (Å²) >= 11 is 0. The normalized spacial score (nSPS) is 34.2. The first-order valence-electron chi connectivity index (χ1n) is 6.20. The maximum absolute atomic E-state index is 6.14. The van der Waals surface area contributed by atoms with Gasteiger partial charge in [0.2, 0.25) is 0 Å². The Hall–Kier alpha value is -0.930. The third kappa shape index (κ3) is 1.85. The Morgan fingerprint density at radius 2 is 2.31 bits per heavy atom. The molecule has 0 bridgehead atoms. The predicted molar refractivity (Wildman–Crippen MR) is 63.7 cm³/mol. The van der Waals surface area contributed by atoms with Crippen molar-refractivity contribution < 1.29 is 0 Å². The Balaban J connectivity index is 1.63.